The molecule has 1 N–H and O–H groups in total. The Bertz CT molecular complexity index is 600. The van der Waals surface area contributed by atoms with Crippen LogP contribution in [0.25, 0.3) is 0 Å². The van der Waals surface area contributed by atoms with Gasteiger partial charge in [0.15, 0.2) is 0 Å². The van der Waals surface area contributed by atoms with Gasteiger partial charge in [0.05, 0.1) is 10.0 Å². The van der Waals surface area contributed by atoms with Crippen molar-refractivity contribution in [3.05, 3.63) is 34.1 Å². The molecule has 0 spiro atoms. The highest BCUT2D eigenvalue weighted by Crippen LogP contribution is 2.65. The maximum atomic E-state index is 14.1. The third-order valence-corrected chi connectivity index (χ3v) is 6.91. The van der Waals surface area contributed by atoms with E-state index < -0.39 is 5.82 Å². The maximum absolute atomic E-state index is 14.1. The Balaban J connectivity index is 1.82. The Labute approximate surface area is 133 Å². The fraction of sp³-hybridized carbons (Fsp3) is 0.588. The molecule has 1 amide bonds. The minimum atomic E-state index is -0.484. The van der Waals surface area contributed by atoms with Crippen LogP contribution in [0, 0.1) is 22.6 Å². The molecule has 0 saturated heterocycles. The average Bonchev–Trinajstić information content (AvgIpc) is 2.75. The number of amides is 1. The molecule has 2 fully saturated rings. The molecule has 1 aromatic carbocycles. The Kier molecular flexibility index (Phi) is 3.43. The van der Waals surface area contributed by atoms with Gasteiger partial charge in [-0.2, -0.15) is 0 Å². The van der Waals surface area contributed by atoms with Gasteiger partial charge in [0.2, 0.25) is 0 Å². The number of rotatable bonds is 2. The van der Waals surface area contributed by atoms with Crippen molar-refractivity contribution in [1.29, 1.82) is 0 Å². The molecule has 0 aromatic heterocycles. The Morgan fingerprint density at radius 2 is 2.10 bits per heavy atom. The molecule has 114 valence electrons. The second-order valence-corrected chi connectivity index (χ2v) is 8.09. The van der Waals surface area contributed by atoms with Gasteiger partial charge in [-0.15, -0.1) is 0 Å². The van der Waals surface area contributed by atoms with Gasteiger partial charge in [-0.3, -0.25) is 4.79 Å². The van der Waals surface area contributed by atoms with Crippen molar-refractivity contribution in [3.63, 3.8) is 0 Å². The fourth-order valence-electron chi connectivity index (χ4n) is 4.34. The van der Waals surface area contributed by atoms with Crippen LogP contribution in [0.2, 0.25) is 0 Å². The summed E-state index contributed by atoms with van der Waals surface area (Å²) in [5, 5.41) is 3.09. The molecule has 2 bridgehead atoms. The topological polar surface area (TPSA) is 29.1 Å². The number of benzene rings is 1. The highest BCUT2D eigenvalue weighted by atomic mass is 79.9. The van der Waals surface area contributed by atoms with Gasteiger partial charge in [0.25, 0.3) is 5.91 Å². The van der Waals surface area contributed by atoms with Gasteiger partial charge >= 0.3 is 0 Å². The van der Waals surface area contributed by atoms with Gasteiger partial charge in [-0.25, -0.2) is 4.39 Å². The largest absolute Gasteiger partial charge is 0.349 e. The van der Waals surface area contributed by atoms with E-state index in [1.165, 1.54) is 12.5 Å². The maximum Gasteiger partial charge on any atom is 0.254 e. The predicted octanol–water partition coefficient (Wildman–Crippen LogP) is 4.53. The Morgan fingerprint density at radius 3 is 2.67 bits per heavy atom. The van der Waals surface area contributed by atoms with Crippen LogP contribution in [0.1, 0.15) is 50.4 Å². The molecule has 21 heavy (non-hydrogen) atoms. The van der Waals surface area contributed by atoms with Crippen molar-refractivity contribution >= 4 is 21.8 Å². The van der Waals surface area contributed by atoms with Crippen LogP contribution in [0.15, 0.2) is 22.7 Å². The van der Waals surface area contributed by atoms with Crippen molar-refractivity contribution in [2.24, 2.45) is 16.7 Å². The van der Waals surface area contributed by atoms with Crippen LogP contribution in [0.5, 0.6) is 0 Å². The lowest BCUT2D eigenvalue weighted by atomic mass is 9.69. The molecule has 0 aliphatic heterocycles. The number of hydrogen-bond donors (Lipinski definition) is 1. The van der Waals surface area contributed by atoms with E-state index in [1.807, 2.05) is 0 Å². The lowest BCUT2D eigenvalue weighted by Crippen LogP contribution is -2.47. The minimum Gasteiger partial charge on any atom is -0.349 e. The zero-order valence-corrected chi connectivity index (χ0v) is 14.3. The first-order chi connectivity index (χ1) is 9.77. The molecular weight excluding hydrogens is 333 g/mol. The number of carbonyl (C=O) groups is 1. The van der Waals surface area contributed by atoms with Crippen LogP contribution in [-0.4, -0.2) is 11.9 Å². The second kappa shape index (κ2) is 4.80. The van der Waals surface area contributed by atoms with Crippen LogP contribution >= 0.6 is 15.9 Å². The first-order valence-electron chi connectivity index (χ1n) is 7.52. The van der Waals surface area contributed by atoms with Crippen molar-refractivity contribution in [2.45, 2.75) is 46.1 Å². The summed E-state index contributed by atoms with van der Waals surface area (Å²) in [6, 6.07) is 4.97. The van der Waals surface area contributed by atoms with Crippen LogP contribution < -0.4 is 5.32 Å². The number of halogens is 2. The van der Waals surface area contributed by atoms with E-state index in [2.05, 4.69) is 42.0 Å². The number of carbonyl (C=O) groups excluding carboxylic acids is 1. The molecular formula is C17H21BrFNO. The van der Waals surface area contributed by atoms with Crippen LogP contribution in [0.4, 0.5) is 4.39 Å². The van der Waals surface area contributed by atoms with Crippen LogP contribution in [-0.2, 0) is 0 Å². The molecule has 2 saturated carbocycles. The van der Waals surface area contributed by atoms with E-state index in [0.29, 0.717) is 10.4 Å². The average molecular weight is 354 g/mol. The van der Waals surface area contributed by atoms with E-state index in [4.69, 9.17) is 0 Å². The quantitative estimate of drug-likeness (QED) is 0.831. The number of fused-ring (bicyclic) bond motifs is 2. The van der Waals surface area contributed by atoms with E-state index in [-0.39, 0.29) is 28.3 Å². The minimum absolute atomic E-state index is 0.107. The van der Waals surface area contributed by atoms with Crippen molar-refractivity contribution in [3.8, 4) is 0 Å². The highest BCUT2D eigenvalue weighted by Gasteiger charge is 2.61. The van der Waals surface area contributed by atoms with E-state index in [9.17, 15) is 9.18 Å². The normalized spacial score (nSPS) is 33.2. The number of nitrogens with one attached hydrogen (secondary N) is 1. The SMILES string of the molecule is CC1(C)C2CCC1(C)C(NC(=O)c1cccc(Br)c1F)C2. The lowest BCUT2D eigenvalue weighted by Gasteiger charge is -2.39. The second-order valence-electron chi connectivity index (χ2n) is 7.24. The molecule has 3 rings (SSSR count). The third-order valence-electron chi connectivity index (χ3n) is 6.30. The Morgan fingerprint density at radius 1 is 1.38 bits per heavy atom. The van der Waals surface area contributed by atoms with E-state index >= 15 is 0 Å². The summed E-state index contributed by atoms with van der Waals surface area (Å²) in [6.07, 6.45) is 3.38. The summed E-state index contributed by atoms with van der Waals surface area (Å²) >= 11 is 3.13. The first-order valence-corrected chi connectivity index (χ1v) is 8.31. The summed E-state index contributed by atoms with van der Waals surface area (Å²) in [6.45, 7) is 6.87. The Hall–Kier alpha value is -0.900. The summed E-state index contributed by atoms with van der Waals surface area (Å²) in [5.41, 5.74) is 0.463. The summed E-state index contributed by atoms with van der Waals surface area (Å²) < 4.78 is 14.4. The van der Waals surface area contributed by atoms with Gasteiger partial charge in [0, 0.05) is 6.04 Å². The molecule has 3 atom stereocenters. The zero-order chi connectivity index (χ0) is 15.4. The molecule has 2 aliphatic rings. The van der Waals surface area contributed by atoms with Crippen molar-refractivity contribution in [2.75, 3.05) is 0 Å². The summed E-state index contributed by atoms with van der Waals surface area (Å²) in [4.78, 5) is 12.4. The van der Waals surface area contributed by atoms with E-state index in [0.717, 1.165) is 12.8 Å². The molecule has 2 nitrogen and oxygen atoms in total. The molecule has 2 aliphatic carbocycles. The van der Waals surface area contributed by atoms with Gasteiger partial charge < -0.3 is 5.32 Å². The summed E-state index contributed by atoms with van der Waals surface area (Å²) in [5.74, 6) is -0.133. The molecule has 4 heteroatoms. The zero-order valence-electron chi connectivity index (χ0n) is 12.7. The molecule has 0 heterocycles. The lowest BCUT2D eigenvalue weighted by molar-refractivity contribution is 0.0822. The van der Waals surface area contributed by atoms with Crippen molar-refractivity contribution < 1.29 is 9.18 Å². The predicted molar refractivity (Wildman–Crippen MR) is 84.6 cm³/mol. The monoisotopic (exact) mass is 353 g/mol. The van der Waals surface area contributed by atoms with Gasteiger partial charge in [-0.05, 0) is 64.1 Å². The first kappa shape index (κ1) is 15.0. The van der Waals surface area contributed by atoms with Gasteiger partial charge in [-0.1, -0.05) is 26.8 Å². The number of hydrogen-bond acceptors (Lipinski definition) is 1. The molecule has 0 radical (unpaired) electrons. The standard InChI is InChI=1S/C17H21BrFNO/c1-16(2)10-7-8-17(16,3)13(9-10)20-15(21)11-5-4-6-12(18)14(11)19/h4-6,10,13H,7-9H2,1-3H3,(H,20,21). The summed E-state index contributed by atoms with van der Waals surface area (Å²) in [7, 11) is 0. The smallest absolute Gasteiger partial charge is 0.254 e. The molecule has 1 aromatic rings. The highest BCUT2D eigenvalue weighted by molar-refractivity contribution is 9.10. The third kappa shape index (κ3) is 2.06. The molecule has 3 unspecified atom stereocenters. The van der Waals surface area contributed by atoms with Crippen LogP contribution in [0.3, 0.4) is 0 Å². The fourth-order valence-corrected chi connectivity index (χ4v) is 4.70. The van der Waals surface area contributed by atoms with Crippen molar-refractivity contribution in [1.82, 2.24) is 5.32 Å². The van der Waals surface area contributed by atoms with E-state index in [1.54, 1.807) is 12.1 Å². The van der Waals surface area contributed by atoms with Gasteiger partial charge in [0.1, 0.15) is 5.82 Å².